The van der Waals surface area contributed by atoms with Crippen molar-refractivity contribution in [1.29, 1.82) is 0 Å². The molecule has 0 bridgehead atoms. The van der Waals surface area contributed by atoms with Crippen molar-refractivity contribution in [3.63, 3.8) is 0 Å². The van der Waals surface area contributed by atoms with Crippen molar-refractivity contribution in [3.8, 4) is 0 Å². The average molecular weight is 397 g/mol. The topological polar surface area (TPSA) is 92.8 Å². The molecule has 0 radical (unpaired) electrons. The molecule has 138 valence electrons. The third-order valence-electron chi connectivity index (χ3n) is 3.35. The summed E-state index contributed by atoms with van der Waals surface area (Å²) in [6.45, 7) is -0.498. The van der Waals surface area contributed by atoms with Gasteiger partial charge in [0.15, 0.2) is 6.61 Å². The molecule has 0 fully saturated rings. The number of hydrogen-bond donors (Lipinski definition) is 1. The standard InChI is InChI=1S/C17H17ClN2O5S/c1-20(2)26(23,24)13-9-7-12(8-10-13)17(22)25-11-16(21)19-15-6-4-3-5-14(15)18/h3-10H,11H2,1-2H3,(H,19,21). The average Bonchev–Trinajstić information content (AvgIpc) is 2.61. The monoisotopic (exact) mass is 396 g/mol. The Balaban J connectivity index is 1.96. The highest BCUT2D eigenvalue weighted by atomic mass is 35.5. The predicted molar refractivity (Wildman–Crippen MR) is 97.7 cm³/mol. The van der Waals surface area contributed by atoms with E-state index in [9.17, 15) is 18.0 Å². The van der Waals surface area contributed by atoms with Crippen molar-refractivity contribution in [1.82, 2.24) is 4.31 Å². The summed E-state index contributed by atoms with van der Waals surface area (Å²) in [7, 11) is -0.756. The van der Waals surface area contributed by atoms with Crippen molar-refractivity contribution >= 4 is 39.2 Å². The minimum atomic E-state index is -3.58. The molecule has 0 saturated carbocycles. The summed E-state index contributed by atoms with van der Waals surface area (Å²) >= 11 is 5.93. The number of para-hydroxylation sites is 1. The van der Waals surface area contributed by atoms with Gasteiger partial charge in [-0.25, -0.2) is 17.5 Å². The highest BCUT2D eigenvalue weighted by molar-refractivity contribution is 7.89. The molecule has 2 aromatic rings. The lowest BCUT2D eigenvalue weighted by Gasteiger charge is -2.11. The highest BCUT2D eigenvalue weighted by Gasteiger charge is 2.18. The Morgan fingerprint density at radius 1 is 1.08 bits per heavy atom. The van der Waals surface area contributed by atoms with Crippen LogP contribution in [0.2, 0.25) is 5.02 Å². The van der Waals surface area contributed by atoms with Crippen LogP contribution in [0.25, 0.3) is 0 Å². The Kier molecular flexibility index (Phi) is 6.36. The summed E-state index contributed by atoms with van der Waals surface area (Å²) in [6.07, 6.45) is 0. The van der Waals surface area contributed by atoms with Crippen LogP contribution in [0, 0.1) is 0 Å². The van der Waals surface area contributed by atoms with Crippen LogP contribution in [0.15, 0.2) is 53.4 Å². The summed E-state index contributed by atoms with van der Waals surface area (Å²) in [6, 6.07) is 11.9. The van der Waals surface area contributed by atoms with Gasteiger partial charge in [0, 0.05) is 14.1 Å². The molecule has 0 aliphatic rings. The summed E-state index contributed by atoms with van der Waals surface area (Å²) in [4.78, 5) is 23.9. The van der Waals surface area contributed by atoms with Gasteiger partial charge in [0.05, 0.1) is 21.2 Å². The van der Waals surface area contributed by atoms with Gasteiger partial charge < -0.3 is 10.1 Å². The fraction of sp³-hybridized carbons (Fsp3) is 0.176. The number of sulfonamides is 1. The summed E-state index contributed by atoms with van der Waals surface area (Å²) < 4.78 is 29.9. The number of nitrogens with one attached hydrogen (secondary N) is 1. The molecule has 26 heavy (non-hydrogen) atoms. The number of ether oxygens (including phenoxy) is 1. The summed E-state index contributed by atoms with van der Waals surface area (Å²) in [5.74, 6) is -1.29. The fourth-order valence-electron chi connectivity index (χ4n) is 1.94. The first kappa shape index (κ1) is 19.9. The quantitative estimate of drug-likeness (QED) is 0.757. The first-order chi connectivity index (χ1) is 12.2. The molecular formula is C17H17ClN2O5S. The van der Waals surface area contributed by atoms with E-state index >= 15 is 0 Å². The van der Waals surface area contributed by atoms with Crippen molar-refractivity contribution < 1.29 is 22.7 Å². The molecule has 1 amide bonds. The maximum Gasteiger partial charge on any atom is 0.338 e. The lowest BCUT2D eigenvalue weighted by molar-refractivity contribution is -0.119. The maximum absolute atomic E-state index is 12.0. The Labute approximate surface area is 156 Å². The zero-order valence-electron chi connectivity index (χ0n) is 14.1. The predicted octanol–water partition coefficient (Wildman–Crippen LogP) is 2.39. The van der Waals surface area contributed by atoms with Crippen LogP contribution in [-0.2, 0) is 19.6 Å². The third kappa shape index (κ3) is 4.81. The molecule has 0 saturated heterocycles. The van der Waals surface area contributed by atoms with Gasteiger partial charge in [-0.05, 0) is 36.4 Å². The Hall–Kier alpha value is -2.42. The van der Waals surface area contributed by atoms with E-state index in [-0.39, 0.29) is 10.5 Å². The summed E-state index contributed by atoms with van der Waals surface area (Å²) in [5.41, 5.74) is 0.543. The number of carbonyl (C=O) groups excluding carboxylic acids is 2. The lowest BCUT2D eigenvalue weighted by Crippen LogP contribution is -2.22. The van der Waals surface area contributed by atoms with Crippen molar-refractivity contribution in [3.05, 3.63) is 59.1 Å². The Morgan fingerprint density at radius 2 is 1.69 bits per heavy atom. The van der Waals surface area contributed by atoms with Gasteiger partial charge in [-0.3, -0.25) is 4.79 Å². The number of hydrogen-bond acceptors (Lipinski definition) is 5. The van der Waals surface area contributed by atoms with E-state index in [4.69, 9.17) is 16.3 Å². The molecule has 2 rings (SSSR count). The van der Waals surface area contributed by atoms with E-state index in [2.05, 4.69) is 5.32 Å². The number of anilines is 1. The molecule has 7 nitrogen and oxygen atoms in total. The van der Waals surface area contributed by atoms with E-state index in [1.165, 1.54) is 38.4 Å². The Morgan fingerprint density at radius 3 is 2.27 bits per heavy atom. The number of benzene rings is 2. The van der Waals surface area contributed by atoms with Crippen molar-refractivity contribution in [2.45, 2.75) is 4.90 Å². The minimum Gasteiger partial charge on any atom is -0.452 e. The molecule has 1 N–H and O–H groups in total. The number of amides is 1. The van der Waals surface area contributed by atoms with Crippen molar-refractivity contribution in [2.75, 3.05) is 26.0 Å². The molecule has 0 aliphatic carbocycles. The van der Waals surface area contributed by atoms with Crippen LogP contribution in [-0.4, -0.2) is 45.3 Å². The van der Waals surface area contributed by atoms with Crippen LogP contribution < -0.4 is 5.32 Å². The number of carbonyl (C=O) groups is 2. The van der Waals surface area contributed by atoms with Gasteiger partial charge in [-0.15, -0.1) is 0 Å². The molecule has 0 heterocycles. The number of esters is 1. The van der Waals surface area contributed by atoms with E-state index in [1.54, 1.807) is 24.3 Å². The fourth-order valence-corrected chi connectivity index (χ4v) is 3.02. The second-order valence-electron chi connectivity index (χ2n) is 5.42. The van der Waals surface area contributed by atoms with Gasteiger partial charge in [-0.1, -0.05) is 23.7 Å². The molecule has 2 aromatic carbocycles. The van der Waals surface area contributed by atoms with Crippen LogP contribution in [0.1, 0.15) is 10.4 Å². The van der Waals surface area contributed by atoms with Gasteiger partial charge in [0.25, 0.3) is 5.91 Å². The molecule has 0 aliphatic heterocycles. The van der Waals surface area contributed by atoms with E-state index in [1.807, 2.05) is 0 Å². The smallest absolute Gasteiger partial charge is 0.338 e. The van der Waals surface area contributed by atoms with Crippen LogP contribution in [0.4, 0.5) is 5.69 Å². The van der Waals surface area contributed by atoms with E-state index in [0.717, 1.165) is 4.31 Å². The van der Waals surface area contributed by atoms with E-state index < -0.39 is 28.5 Å². The molecule has 9 heteroatoms. The summed E-state index contributed by atoms with van der Waals surface area (Å²) in [5, 5.41) is 2.89. The zero-order valence-corrected chi connectivity index (χ0v) is 15.7. The van der Waals surface area contributed by atoms with Gasteiger partial charge in [0.2, 0.25) is 10.0 Å². The Bertz CT molecular complexity index is 911. The first-order valence-electron chi connectivity index (χ1n) is 7.46. The number of halogens is 1. The lowest BCUT2D eigenvalue weighted by atomic mass is 10.2. The first-order valence-corrected chi connectivity index (χ1v) is 9.27. The molecule has 0 spiro atoms. The van der Waals surface area contributed by atoms with Gasteiger partial charge in [-0.2, -0.15) is 0 Å². The minimum absolute atomic E-state index is 0.0514. The largest absolute Gasteiger partial charge is 0.452 e. The van der Waals surface area contributed by atoms with Gasteiger partial charge >= 0.3 is 5.97 Å². The molecule has 0 atom stereocenters. The third-order valence-corrected chi connectivity index (χ3v) is 5.51. The molecular weight excluding hydrogens is 380 g/mol. The maximum atomic E-state index is 12.0. The van der Waals surface area contributed by atoms with Gasteiger partial charge in [0.1, 0.15) is 0 Å². The number of nitrogens with zero attached hydrogens (tertiary/aromatic N) is 1. The highest BCUT2D eigenvalue weighted by Crippen LogP contribution is 2.20. The second kappa shape index (κ2) is 8.31. The molecule has 0 unspecified atom stereocenters. The molecule has 0 aromatic heterocycles. The second-order valence-corrected chi connectivity index (χ2v) is 7.97. The van der Waals surface area contributed by atoms with Crippen molar-refractivity contribution in [2.24, 2.45) is 0 Å². The van der Waals surface area contributed by atoms with Crippen LogP contribution in [0.5, 0.6) is 0 Å². The normalized spacial score (nSPS) is 11.2. The SMILES string of the molecule is CN(C)S(=O)(=O)c1ccc(C(=O)OCC(=O)Nc2ccccc2Cl)cc1. The van der Waals surface area contributed by atoms with Crippen LogP contribution >= 0.6 is 11.6 Å². The van der Waals surface area contributed by atoms with Crippen LogP contribution in [0.3, 0.4) is 0 Å². The van der Waals surface area contributed by atoms with E-state index in [0.29, 0.717) is 10.7 Å². The number of rotatable bonds is 6. The zero-order chi connectivity index (χ0) is 19.3.